The first-order chi connectivity index (χ1) is 17.2. The van der Waals surface area contributed by atoms with Crippen LogP contribution in [0.25, 0.3) is 0 Å². The highest BCUT2D eigenvalue weighted by atomic mass is 19.1. The second-order valence-corrected chi connectivity index (χ2v) is 10.6. The van der Waals surface area contributed by atoms with Gasteiger partial charge in [0, 0.05) is 56.1 Å². The van der Waals surface area contributed by atoms with Crippen LogP contribution in [0.5, 0.6) is 0 Å². The van der Waals surface area contributed by atoms with Crippen LogP contribution in [-0.4, -0.2) is 48.4 Å². The number of hydrogen-bond donors (Lipinski definition) is 2. The van der Waals surface area contributed by atoms with Crippen molar-refractivity contribution >= 4 is 28.9 Å². The van der Waals surface area contributed by atoms with Crippen LogP contribution in [0.1, 0.15) is 50.2 Å². The summed E-state index contributed by atoms with van der Waals surface area (Å²) in [7, 11) is 1.79. The number of nitrogens with one attached hydrogen (secondary N) is 2. The lowest BCUT2D eigenvalue weighted by Crippen LogP contribution is -2.53. The minimum Gasteiger partial charge on any atom is -0.370 e. The first kappa shape index (κ1) is 24.5. The largest absolute Gasteiger partial charge is 0.370 e. The molecule has 2 heterocycles. The highest BCUT2D eigenvalue weighted by Gasteiger charge is 2.51. The highest BCUT2D eigenvalue weighted by molar-refractivity contribution is 6.02. The van der Waals surface area contributed by atoms with Gasteiger partial charge in [0.15, 0.2) is 0 Å². The minimum atomic E-state index is -0.971. The summed E-state index contributed by atoms with van der Waals surface area (Å²) >= 11 is 0. The fraction of sp³-hybridized carbons (Fsp3) is 0.500. The standard InChI is InChI=1S/C28H34F2N4O2/c1-17-8-9-25(30)24-15-28(32-26(17)24,19-6-4-5-7-19)27(36)31-21-12-20(29)13-23(14-21)34-11-10-22(16-34)33(3)18(2)35/h8-9,12-14,19,22,32H,4-7,10-11,15-16H2,1-3H3,(H,31,36)/t22-,28?/m1/s1. The van der Waals surface area contributed by atoms with E-state index in [1.54, 1.807) is 31.0 Å². The molecule has 192 valence electrons. The molecule has 2 atom stereocenters. The summed E-state index contributed by atoms with van der Waals surface area (Å²) in [6, 6.07) is 7.83. The molecule has 0 aromatic heterocycles. The lowest BCUT2D eigenvalue weighted by Gasteiger charge is -2.35. The molecule has 2 N–H and O–H groups in total. The van der Waals surface area contributed by atoms with Gasteiger partial charge in [0.1, 0.15) is 17.2 Å². The molecule has 8 heteroatoms. The van der Waals surface area contributed by atoms with Gasteiger partial charge in [0.25, 0.3) is 5.91 Å². The zero-order valence-electron chi connectivity index (χ0n) is 21.2. The van der Waals surface area contributed by atoms with Gasteiger partial charge in [-0.05, 0) is 61.9 Å². The zero-order valence-corrected chi connectivity index (χ0v) is 21.2. The highest BCUT2D eigenvalue weighted by Crippen LogP contribution is 2.46. The Morgan fingerprint density at radius 2 is 1.89 bits per heavy atom. The Balaban J connectivity index is 1.40. The van der Waals surface area contributed by atoms with Crippen LogP contribution >= 0.6 is 0 Å². The van der Waals surface area contributed by atoms with Crippen molar-refractivity contribution in [3.8, 4) is 0 Å². The van der Waals surface area contributed by atoms with E-state index in [-0.39, 0.29) is 36.0 Å². The summed E-state index contributed by atoms with van der Waals surface area (Å²) in [5.41, 5.74) is 2.24. The molecule has 6 nitrogen and oxygen atoms in total. The number of benzene rings is 2. The monoisotopic (exact) mass is 496 g/mol. The number of carbonyl (C=O) groups is 2. The Morgan fingerprint density at radius 1 is 1.14 bits per heavy atom. The lowest BCUT2D eigenvalue weighted by molar-refractivity contribution is -0.129. The Hall–Kier alpha value is -3.16. The average molecular weight is 497 g/mol. The summed E-state index contributed by atoms with van der Waals surface area (Å²) in [4.78, 5) is 29.4. The molecule has 2 amide bonds. The predicted molar refractivity (Wildman–Crippen MR) is 137 cm³/mol. The van der Waals surface area contributed by atoms with Gasteiger partial charge in [-0.15, -0.1) is 0 Å². The van der Waals surface area contributed by atoms with Crippen molar-refractivity contribution in [1.82, 2.24) is 4.90 Å². The van der Waals surface area contributed by atoms with E-state index in [0.29, 0.717) is 35.7 Å². The third-order valence-corrected chi connectivity index (χ3v) is 8.44. The molecule has 0 bridgehead atoms. The van der Waals surface area contributed by atoms with Crippen molar-refractivity contribution in [2.75, 3.05) is 35.7 Å². The first-order valence-electron chi connectivity index (χ1n) is 12.8. The summed E-state index contributed by atoms with van der Waals surface area (Å²) < 4.78 is 29.5. The number of amides is 2. The van der Waals surface area contributed by atoms with Crippen molar-refractivity contribution in [1.29, 1.82) is 0 Å². The van der Waals surface area contributed by atoms with E-state index in [1.165, 1.54) is 18.2 Å². The molecular formula is C28H34F2N4O2. The molecular weight excluding hydrogens is 462 g/mol. The van der Waals surface area contributed by atoms with E-state index in [9.17, 15) is 18.4 Å². The van der Waals surface area contributed by atoms with Crippen molar-refractivity contribution in [3.63, 3.8) is 0 Å². The number of halogens is 2. The van der Waals surface area contributed by atoms with Crippen LogP contribution < -0.4 is 15.5 Å². The van der Waals surface area contributed by atoms with E-state index in [1.807, 2.05) is 11.8 Å². The Morgan fingerprint density at radius 3 is 2.58 bits per heavy atom. The van der Waals surface area contributed by atoms with Gasteiger partial charge in [-0.1, -0.05) is 18.9 Å². The summed E-state index contributed by atoms with van der Waals surface area (Å²) in [5.74, 6) is -0.925. The van der Waals surface area contributed by atoms with Crippen LogP contribution in [0.2, 0.25) is 0 Å². The van der Waals surface area contributed by atoms with Gasteiger partial charge in [-0.2, -0.15) is 0 Å². The number of carbonyl (C=O) groups excluding carboxylic acids is 2. The second-order valence-electron chi connectivity index (χ2n) is 10.6. The van der Waals surface area contributed by atoms with Crippen LogP contribution in [0.15, 0.2) is 30.3 Å². The minimum absolute atomic E-state index is 0.00277. The third-order valence-electron chi connectivity index (χ3n) is 8.44. The molecule has 36 heavy (non-hydrogen) atoms. The van der Waals surface area contributed by atoms with Crippen LogP contribution in [0, 0.1) is 24.5 Å². The fourth-order valence-electron chi connectivity index (χ4n) is 6.24. The van der Waals surface area contributed by atoms with Crippen LogP contribution in [0.3, 0.4) is 0 Å². The fourth-order valence-corrected chi connectivity index (χ4v) is 6.24. The van der Waals surface area contributed by atoms with Gasteiger partial charge >= 0.3 is 0 Å². The SMILES string of the molecule is CC(=O)N(C)[C@@H]1CCN(c2cc(F)cc(NC(=O)C3(C4CCCC4)Cc4c(F)ccc(C)c4N3)c2)C1. The molecule has 3 aliphatic rings. The zero-order chi connectivity index (χ0) is 25.6. The van der Waals surface area contributed by atoms with E-state index in [0.717, 1.165) is 37.7 Å². The van der Waals surface area contributed by atoms with Crippen LogP contribution in [0.4, 0.5) is 25.8 Å². The van der Waals surface area contributed by atoms with Crippen molar-refractivity contribution in [2.24, 2.45) is 5.92 Å². The topological polar surface area (TPSA) is 64.7 Å². The molecule has 1 saturated carbocycles. The predicted octanol–water partition coefficient (Wildman–Crippen LogP) is 4.87. The molecule has 1 saturated heterocycles. The maximum absolute atomic E-state index is 14.8. The lowest BCUT2D eigenvalue weighted by atomic mass is 9.79. The molecule has 5 rings (SSSR count). The molecule has 2 aromatic rings. The van der Waals surface area contributed by atoms with E-state index in [2.05, 4.69) is 10.6 Å². The first-order valence-corrected chi connectivity index (χ1v) is 12.8. The van der Waals surface area contributed by atoms with Gasteiger partial charge in [-0.25, -0.2) is 8.78 Å². The number of aryl methyl sites for hydroxylation is 1. The Labute approximate surface area is 211 Å². The number of likely N-dealkylation sites (N-methyl/N-ethyl adjacent to an activating group) is 1. The van der Waals surface area contributed by atoms with Gasteiger partial charge in [-0.3, -0.25) is 9.59 Å². The third kappa shape index (κ3) is 4.31. The second kappa shape index (κ2) is 9.37. The number of nitrogens with zero attached hydrogens (tertiary/aromatic N) is 2. The normalized spacial score (nSPS) is 23.5. The maximum atomic E-state index is 14.8. The number of fused-ring (bicyclic) bond motifs is 1. The Bertz CT molecular complexity index is 1160. The molecule has 1 aliphatic carbocycles. The summed E-state index contributed by atoms with van der Waals surface area (Å²) in [6.07, 6.45) is 4.93. The van der Waals surface area contributed by atoms with Crippen molar-refractivity contribution < 1.29 is 18.4 Å². The summed E-state index contributed by atoms with van der Waals surface area (Å²) in [5, 5.41) is 6.42. The molecule has 0 spiro atoms. The van der Waals surface area contributed by atoms with E-state index < -0.39 is 11.4 Å². The molecule has 2 aromatic carbocycles. The van der Waals surface area contributed by atoms with Crippen LogP contribution in [-0.2, 0) is 16.0 Å². The summed E-state index contributed by atoms with van der Waals surface area (Å²) in [6.45, 7) is 4.76. The molecule has 1 unspecified atom stereocenters. The molecule has 2 fully saturated rings. The number of rotatable bonds is 5. The quantitative estimate of drug-likeness (QED) is 0.620. The Kier molecular flexibility index (Phi) is 6.39. The number of hydrogen-bond acceptors (Lipinski definition) is 4. The van der Waals surface area contributed by atoms with Crippen molar-refractivity contribution in [3.05, 3.63) is 53.1 Å². The van der Waals surface area contributed by atoms with Gasteiger partial charge in [0.2, 0.25) is 5.91 Å². The average Bonchev–Trinajstić information content (AvgIpc) is 3.60. The van der Waals surface area contributed by atoms with E-state index in [4.69, 9.17) is 0 Å². The van der Waals surface area contributed by atoms with Gasteiger partial charge < -0.3 is 20.4 Å². The maximum Gasteiger partial charge on any atom is 0.250 e. The van der Waals surface area contributed by atoms with Crippen molar-refractivity contribution in [2.45, 2.75) is 64.0 Å². The molecule has 2 aliphatic heterocycles. The smallest absolute Gasteiger partial charge is 0.250 e. The van der Waals surface area contributed by atoms with E-state index >= 15 is 0 Å². The number of anilines is 3. The van der Waals surface area contributed by atoms with Gasteiger partial charge in [0.05, 0.1) is 6.04 Å². The molecule has 0 radical (unpaired) electrons.